The Balaban J connectivity index is 1.73. The zero-order valence-electron chi connectivity index (χ0n) is 12.2. The van der Waals surface area contributed by atoms with Gasteiger partial charge in [0.15, 0.2) is 6.61 Å². The Morgan fingerprint density at radius 1 is 1.33 bits per heavy atom. The van der Waals surface area contributed by atoms with Gasteiger partial charge in [-0.05, 0) is 18.8 Å². The molecule has 0 radical (unpaired) electrons. The highest BCUT2D eigenvalue weighted by molar-refractivity contribution is 6.37. The van der Waals surface area contributed by atoms with Crippen LogP contribution in [0, 0.1) is 5.92 Å². The van der Waals surface area contributed by atoms with Crippen molar-refractivity contribution in [1.29, 1.82) is 0 Å². The van der Waals surface area contributed by atoms with E-state index in [-0.39, 0.29) is 43.0 Å². The second-order valence-corrected chi connectivity index (χ2v) is 5.61. The fourth-order valence-corrected chi connectivity index (χ4v) is 2.61. The zero-order chi connectivity index (χ0) is 15.2. The molecule has 21 heavy (non-hydrogen) atoms. The van der Waals surface area contributed by atoms with Crippen molar-refractivity contribution in [2.24, 2.45) is 11.0 Å². The van der Waals surface area contributed by atoms with Gasteiger partial charge in [0.25, 0.3) is 5.91 Å². The second-order valence-electron chi connectivity index (χ2n) is 5.61. The highest BCUT2D eigenvalue weighted by atomic mass is 16.5. The van der Waals surface area contributed by atoms with Crippen molar-refractivity contribution < 1.29 is 19.1 Å². The lowest BCUT2D eigenvalue weighted by Crippen LogP contribution is -2.43. The van der Waals surface area contributed by atoms with Crippen LogP contribution in [0.4, 0.5) is 0 Å². The van der Waals surface area contributed by atoms with Gasteiger partial charge in [-0.2, -0.15) is 5.10 Å². The monoisotopic (exact) mass is 295 g/mol. The minimum atomic E-state index is -0.651. The zero-order valence-corrected chi connectivity index (χ0v) is 12.2. The average Bonchev–Trinajstić information content (AvgIpc) is 2.48. The molecule has 0 bridgehead atoms. The van der Waals surface area contributed by atoms with Gasteiger partial charge in [0.05, 0.1) is 0 Å². The molecule has 2 amide bonds. The Labute approximate surface area is 123 Å². The molecule has 7 heteroatoms. The van der Waals surface area contributed by atoms with Crippen LogP contribution in [0.5, 0.6) is 0 Å². The van der Waals surface area contributed by atoms with E-state index >= 15 is 0 Å². The molecule has 0 unspecified atom stereocenters. The molecular formula is C14H21N3O4. The van der Waals surface area contributed by atoms with Crippen LogP contribution in [0.2, 0.25) is 0 Å². The van der Waals surface area contributed by atoms with Crippen molar-refractivity contribution >= 4 is 23.5 Å². The van der Waals surface area contributed by atoms with Crippen molar-refractivity contribution in [3.05, 3.63) is 0 Å². The van der Waals surface area contributed by atoms with E-state index in [0.29, 0.717) is 5.92 Å². The maximum absolute atomic E-state index is 11.8. The number of nitrogens with zero attached hydrogens (tertiary/aromatic N) is 1. The van der Waals surface area contributed by atoms with Crippen molar-refractivity contribution in [2.45, 2.75) is 51.5 Å². The number of amides is 2. The SMILES string of the molecule is C[C@@H]1CCCC[C@@H]1NC(=O)COC(=O)C1=NNC(=O)CC1. The molecule has 0 saturated heterocycles. The summed E-state index contributed by atoms with van der Waals surface area (Å²) in [5, 5.41) is 6.54. The molecule has 0 aromatic rings. The third-order valence-electron chi connectivity index (χ3n) is 3.93. The quantitative estimate of drug-likeness (QED) is 0.738. The van der Waals surface area contributed by atoms with Crippen molar-refractivity contribution in [1.82, 2.24) is 10.7 Å². The molecule has 7 nitrogen and oxygen atoms in total. The Morgan fingerprint density at radius 3 is 2.76 bits per heavy atom. The van der Waals surface area contributed by atoms with E-state index in [1.54, 1.807) is 0 Å². The van der Waals surface area contributed by atoms with Gasteiger partial charge in [0, 0.05) is 18.9 Å². The first-order valence-corrected chi connectivity index (χ1v) is 7.38. The van der Waals surface area contributed by atoms with Crippen LogP contribution in [0.15, 0.2) is 5.10 Å². The molecule has 2 aliphatic rings. The minimum absolute atomic E-state index is 0.147. The van der Waals surface area contributed by atoms with Crippen LogP contribution in [0.1, 0.15) is 45.4 Å². The van der Waals surface area contributed by atoms with Gasteiger partial charge in [-0.25, -0.2) is 10.2 Å². The normalized spacial score (nSPS) is 25.6. The maximum atomic E-state index is 11.8. The number of carbonyl (C=O) groups excluding carboxylic acids is 3. The van der Waals surface area contributed by atoms with E-state index < -0.39 is 5.97 Å². The van der Waals surface area contributed by atoms with Gasteiger partial charge in [-0.3, -0.25) is 9.59 Å². The van der Waals surface area contributed by atoms with Gasteiger partial charge in [-0.1, -0.05) is 19.8 Å². The molecule has 0 spiro atoms. The van der Waals surface area contributed by atoms with Gasteiger partial charge < -0.3 is 10.1 Å². The number of carbonyl (C=O) groups is 3. The number of hydrogen-bond donors (Lipinski definition) is 2. The maximum Gasteiger partial charge on any atom is 0.355 e. The number of esters is 1. The van der Waals surface area contributed by atoms with E-state index in [9.17, 15) is 14.4 Å². The summed E-state index contributed by atoms with van der Waals surface area (Å²) in [6.07, 6.45) is 4.85. The topological polar surface area (TPSA) is 96.9 Å². The first-order chi connectivity index (χ1) is 10.1. The largest absolute Gasteiger partial charge is 0.451 e. The van der Waals surface area contributed by atoms with E-state index in [1.807, 2.05) is 0 Å². The van der Waals surface area contributed by atoms with Gasteiger partial charge in [0.2, 0.25) is 5.91 Å². The first kappa shape index (κ1) is 15.5. The number of hydrogen-bond acceptors (Lipinski definition) is 5. The third kappa shape index (κ3) is 4.54. The molecule has 116 valence electrons. The van der Waals surface area contributed by atoms with Crippen LogP contribution < -0.4 is 10.7 Å². The molecule has 0 aromatic heterocycles. The summed E-state index contributed by atoms with van der Waals surface area (Å²) in [6.45, 7) is 1.81. The highest BCUT2D eigenvalue weighted by Crippen LogP contribution is 2.23. The van der Waals surface area contributed by atoms with Crippen LogP contribution >= 0.6 is 0 Å². The van der Waals surface area contributed by atoms with Crippen LogP contribution in [-0.4, -0.2) is 36.1 Å². The Morgan fingerprint density at radius 2 is 2.10 bits per heavy atom. The lowest BCUT2D eigenvalue weighted by Gasteiger charge is -2.29. The van der Waals surface area contributed by atoms with E-state index in [0.717, 1.165) is 19.3 Å². The van der Waals surface area contributed by atoms with Gasteiger partial charge >= 0.3 is 5.97 Å². The Bertz CT molecular complexity index is 461. The predicted octanol–water partition coefficient (Wildman–Crippen LogP) is 0.490. The van der Waals surface area contributed by atoms with Gasteiger partial charge in [0.1, 0.15) is 5.71 Å². The molecular weight excluding hydrogens is 274 g/mol. The summed E-state index contributed by atoms with van der Waals surface area (Å²) >= 11 is 0. The van der Waals surface area contributed by atoms with Crippen LogP contribution in [0.3, 0.4) is 0 Å². The molecule has 2 rings (SSSR count). The lowest BCUT2D eigenvalue weighted by molar-refractivity contribution is -0.142. The third-order valence-corrected chi connectivity index (χ3v) is 3.93. The fourth-order valence-electron chi connectivity index (χ4n) is 2.61. The van der Waals surface area contributed by atoms with Crippen molar-refractivity contribution in [3.8, 4) is 0 Å². The standard InChI is InChI=1S/C14H21N3O4/c1-9-4-2-3-5-10(9)15-13(19)8-21-14(20)11-6-7-12(18)17-16-11/h9-10H,2-8H2,1H3,(H,15,19)(H,17,18)/t9-,10+/m1/s1. The summed E-state index contributed by atoms with van der Waals surface area (Å²) in [6, 6.07) is 0.163. The minimum Gasteiger partial charge on any atom is -0.451 e. The molecule has 2 N–H and O–H groups in total. The predicted molar refractivity (Wildman–Crippen MR) is 75.3 cm³/mol. The van der Waals surface area contributed by atoms with Crippen LogP contribution in [0.25, 0.3) is 0 Å². The fraction of sp³-hybridized carbons (Fsp3) is 0.714. The van der Waals surface area contributed by atoms with E-state index in [4.69, 9.17) is 4.74 Å². The highest BCUT2D eigenvalue weighted by Gasteiger charge is 2.24. The molecule has 1 heterocycles. The number of hydrazone groups is 1. The van der Waals surface area contributed by atoms with Crippen molar-refractivity contribution in [2.75, 3.05) is 6.61 Å². The van der Waals surface area contributed by atoms with E-state index in [2.05, 4.69) is 22.8 Å². The Hall–Kier alpha value is -1.92. The summed E-state index contributed by atoms with van der Waals surface area (Å²) in [5.74, 6) is -0.712. The summed E-state index contributed by atoms with van der Waals surface area (Å²) < 4.78 is 4.92. The van der Waals surface area contributed by atoms with Crippen molar-refractivity contribution in [3.63, 3.8) is 0 Å². The average molecular weight is 295 g/mol. The summed E-state index contributed by atoms with van der Waals surface area (Å²) in [7, 11) is 0. The number of ether oxygens (including phenoxy) is 1. The van der Waals surface area contributed by atoms with Gasteiger partial charge in [-0.15, -0.1) is 0 Å². The second kappa shape index (κ2) is 7.19. The molecule has 0 aromatic carbocycles. The molecule has 2 atom stereocenters. The molecule has 1 aliphatic carbocycles. The Kier molecular flexibility index (Phi) is 5.30. The molecule has 1 saturated carbocycles. The number of rotatable bonds is 4. The smallest absolute Gasteiger partial charge is 0.355 e. The van der Waals surface area contributed by atoms with Crippen LogP contribution in [-0.2, 0) is 19.1 Å². The first-order valence-electron chi connectivity index (χ1n) is 7.38. The number of nitrogens with one attached hydrogen (secondary N) is 2. The summed E-state index contributed by atoms with van der Waals surface area (Å²) in [4.78, 5) is 34.4. The van der Waals surface area contributed by atoms with E-state index in [1.165, 1.54) is 6.42 Å². The lowest BCUT2D eigenvalue weighted by atomic mass is 9.86. The molecule has 1 aliphatic heterocycles. The summed E-state index contributed by atoms with van der Waals surface area (Å²) in [5.41, 5.74) is 2.37. The molecule has 1 fully saturated rings.